The summed E-state index contributed by atoms with van der Waals surface area (Å²) in [5, 5.41) is 3.58. The lowest BCUT2D eigenvalue weighted by atomic mass is 9.84. The molecule has 5 rings (SSSR count). The minimum Gasteiger partial charge on any atom is -0.756 e. The highest BCUT2D eigenvalue weighted by atomic mass is 31.2. The number of amides is 1. The van der Waals surface area contributed by atoms with Crippen LogP contribution in [0.15, 0.2) is 29.1 Å². The van der Waals surface area contributed by atoms with Gasteiger partial charge in [0.15, 0.2) is 12.7 Å². The summed E-state index contributed by atoms with van der Waals surface area (Å²) in [6.45, 7) is 7.80. The molecule has 0 aliphatic carbocycles. The van der Waals surface area contributed by atoms with Crippen molar-refractivity contribution < 1.29 is 66.2 Å². The first-order valence-corrected chi connectivity index (χ1v) is 20.6. The standard InChI is InChI=1S/C36H45N3O15P2/c1-6-23-24-11-10-21(50-20-30(40)37-12-8-9-13-49-17-22(54-55(44)45)18-52-56(46,47)48)14-28(24)38-31-25(23)16-39-29(31)15-27-26(32(39)41)19-51-34(43)36(27,7-2)53-33(42)35(3,4)5/h10-11,14-15,22H,6-9,12-13,16-20H2,1-5H3,(H,37,40)(H2,46,47,48)/p-1/t22?,36-/m0/s1. The Morgan fingerprint density at radius 2 is 1.91 bits per heavy atom. The number of fused-ring (bicyclic) bond motifs is 5. The Morgan fingerprint density at radius 1 is 1.16 bits per heavy atom. The monoisotopic (exact) mass is 820 g/mol. The van der Waals surface area contributed by atoms with Gasteiger partial charge in [-0.05, 0) is 74.8 Å². The van der Waals surface area contributed by atoms with Crippen molar-refractivity contribution in [3.63, 3.8) is 0 Å². The molecule has 0 bridgehead atoms. The molecule has 1 amide bonds. The lowest BCUT2D eigenvalue weighted by Crippen LogP contribution is -2.48. The highest BCUT2D eigenvalue weighted by Gasteiger charge is 2.51. The number of rotatable bonds is 18. The maximum absolute atomic E-state index is 14.0. The number of benzene rings is 1. The molecule has 20 heteroatoms. The number of phosphoric ester groups is 1. The third-order valence-corrected chi connectivity index (χ3v) is 10.3. The van der Waals surface area contributed by atoms with Gasteiger partial charge in [-0.25, -0.2) is 9.78 Å². The van der Waals surface area contributed by atoms with Gasteiger partial charge in [-0.15, -0.1) is 4.52 Å². The van der Waals surface area contributed by atoms with Crippen LogP contribution in [-0.4, -0.2) is 71.4 Å². The van der Waals surface area contributed by atoms with Crippen LogP contribution in [0.25, 0.3) is 22.3 Å². The van der Waals surface area contributed by atoms with E-state index in [1.165, 1.54) is 0 Å². The molecule has 0 saturated carbocycles. The molecule has 2 aliphatic heterocycles. The Balaban J connectivity index is 1.25. The molecule has 2 N–H and O–H groups in total. The molecule has 56 heavy (non-hydrogen) atoms. The summed E-state index contributed by atoms with van der Waals surface area (Å²) in [5.74, 6) is -1.36. The molecule has 0 saturated heterocycles. The van der Waals surface area contributed by atoms with Gasteiger partial charge in [-0.1, -0.05) is 13.8 Å². The number of esters is 2. The maximum atomic E-state index is 14.0. The van der Waals surface area contributed by atoms with Crippen molar-refractivity contribution in [1.82, 2.24) is 14.9 Å². The number of unbranched alkanes of at least 4 members (excludes halogenated alkanes) is 1. The minimum atomic E-state index is -5.07. The van der Waals surface area contributed by atoms with Crippen LogP contribution in [0.1, 0.15) is 76.1 Å². The fourth-order valence-corrected chi connectivity index (χ4v) is 7.21. The molecule has 0 radical (unpaired) electrons. The second-order valence-corrected chi connectivity index (χ2v) is 16.1. The van der Waals surface area contributed by atoms with Crippen LogP contribution in [0.3, 0.4) is 0 Å². The Labute approximate surface area is 323 Å². The van der Waals surface area contributed by atoms with Crippen LogP contribution in [-0.2, 0) is 71.9 Å². The van der Waals surface area contributed by atoms with E-state index in [-0.39, 0.29) is 68.5 Å². The number of nitrogens with one attached hydrogen (secondary N) is 1. The Hall–Kier alpha value is -4.12. The summed E-state index contributed by atoms with van der Waals surface area (Å²) in [4.78, 5) is 88.2. The van der Waals surface area contributed by atoms with Gasteiger partial charge in [0.05, 0.1) is 47.6 Å². The Bertz CT molecular complexity index is 2130. The lowest BCUT2D eigenvalue weighted by Gasteiger charge is -2.37. The number of cyclic esters (lactones) is 1. The zero-order chi connectivity index (χ0) is 41.0. The van der Waals surface area contributed by atoms with Gasteiger partial charge in [-0.2, -0.15) is 0 Å². The van der Waals surface area contributed by atoms with E-state index in [1.807, 2.05) is 13.0 Å². The summed E-state index contributed by atoms with van der Waals surface area (Å²) in [6, 6.07) is 7.01. The molecule has 0 spiro atoms. The second kappa shape index (κ2) is 17.6. The van der Waals surface area contributed by atoms with Gasteiger partial charge in [0.1, 0.15) is 12.4 Å². The van der Waals surface area contributed by atoms with Crippen molar-refractivity contribution in [1.29, 1.82) is 0 Å². The van der Waals surface area contributed by atoms with Crippen molar-refractivity contribution in [2.24, 2.45) is 5.41 Å². The fraction of sp³-hybridized carbons (Fsp3) is 0.528. The van der Waals surface area contributed by atoms with E-state index in [1.54, 1.807) is 50.5 Å². The predicted octanol–water partition coefficient (Wildman–Crippen LogP) is 2.41. The van der Waals surface area contributed by atoms with Crippen LogP contribution >= 0.6 is 16.1 Å². The summed E-state index contributed by atoms with van der Waals surface area (Å²) in [7, 11) is -8.38. The van der Waals surface area contributed by atoms with Gasteiger partial charge in [0.25, 0.3) is 19.3 Å². The normalized spacial score (nSPS) is 17.9. The average Bonchev–Trinajstić information content (AvgIpc) is 3.49. The first-order chi connectivity index (χ1) is 26.4. The molecular formula is C36H44N3O15P2-. The topological polar surface area (TPSA) is 254 Å². The summed E-state index contributed by atoms with van der Waals surface area (Å²) in [5.41, 5.74) is 0.887. The number of hydrogen-bond acceptors (Lipinski definition) is 15. The summed E-state index contributed by atoms with van der Waals surface area (Å²) < 4.78 is 54.3. The number of aromatic nitrogens is 2. The Morgan fingerprint density at radius 3 is 2.57 bits per heavy atom. The maximum Gasteiger partial charge on any atom is 0.488 e. The van der Waals surface area contributed by atoms with Crippen molar-refractivity contribution in [2.45, 2.75) is 85.2 Å². The van der Waals surface area contributed by atoms with Crippen LogP contribution < -0.4 is 25.4 Å². The lowest BCUT2D eigenvalue weighted by molar-refractivity contribution is -0.224. The number of pyridine rings is 2. The number of hydrogen-bond donors (Lipinski definition) is 2. The van der Waals surface area contributed by atoms with E-state index in [2.05, 4.69) is 14.4 Å². The van der Waals surface area contributed by atoms with Crippen molar-refractivity contribution in [3.05, 3.63) is 56.9 Å². The first-order valence-electron chi connectivity index (χ1n) is 18.0. The highest BCUT2D eigenvalue weighted by molar-refractivity contribution is 7.44. The molecule has 1 aromatic carbocycles. The van der Waals surface area contributed by atoms with Crippen LogP contribution in [0.4, 0.5) is 0 Å². The predicted molar refractivity (Wildman–Crippen MR) is 194 cm³/mol. The molecule has 4 atom stereocenters. The minimum absolute atomic E-state index is 0.0522. The van der Waals surface area contributed by atoms with Crippen molar-refractivity contribution in [2.75, 3.05) is 33.0 Å². The molecule has 0 fully saturated rings. The van der Waals surface area contributed by atoms with Gasteiger partial charge < -0.3 is 48.0 Å². The molecule has 3 unspecified atom stereocenters. The molecule has 304 valence electrons. The molecular weight excluding hydrogens is 776 g/mol. The first kappa shape index (κ1) is 43.0. The number of phosphoric acid groups is 1. The second-order valence-electron chi connectivity index (χ2n) is 14.3. The smallest absolute Gasteiger partial charge is 0.488 e. The van der Waals surface area contributed by atoms with Crippen LogP contribution in [0, 0.1) is 5.41 Å². The van der Waals surface area contributed by atoms with E-state index in [0.29, 0.717) is 41.9 Å². The molecule has 4 heterocycles. The molecule has 2 aliphatic rings. The molecule has 2 aromatic heterocycles. The zero-order valence-electron chi connectivity index (χ0n) is 31.6. The number of carbonyl (C=O) groups excluding carboxylic acids is 3. The molecule has 3 aromatic rings. The third kappa shape index (κ3) is 9.69. The van der Waals surface area contributed by atoms with E-state index in [0.717, 1.165) is 16.5 Å². The van der Waals surface area contributed by atoms with E-state index in [9.17, 15) is 38.1 Å². The van der Waals surface area contributed by atoms with E-state index >= 15 is 0 Å². The zero-order valence-corrected chi connectivity index (χ0v) is 33.4. The number of ether oxygens (including phenoxy) is 4. The van der Waals surface area contributed by atoms with Crippen LogP contribution in [0.2, 0.25) is 0 Å². The average molecular weight is 821 g/mol. The van der Waals surface area contributed by atoms with Gasteiger partial charge in [0.2, 0.25) is 5.60 Å². The van der Waals surface area contributed by atoms with Gasteiger partial charge in [-0.3, -0.25) is 18.9 Å². The van der Waals surface area contributed by atoms with Gasteiger partial charge in [0, 0.05) is 35.7 Å². The quantitative estimate of drug-likeness (QED) is 0.0830. The Kier molecular flexibility index (Phi) is 13.5. The number of aryl methyl sites for hydroxylation is 1. The number of nitrogens with zero attached hydrogens (tertiary/aromatic N) is 2. The van der Waals surface area contributed by atoms with E-state index < -0.39 is 51.7 Å². The largest absolute Gasteiger partial charge is 0.756 e. The fourth-order valence-electron chi connectivity index (χ4n) is 6.49. The van der Waals surface area contributed by atoms with Crippen molar-refractivity contribution in [3.8, 4) is 17.1 Å². The number of carbonyl (C=O) groups is 3. The van der Waals surface area contributed by atoms with E-state index in [4.69, 9.17) is 28.8 Å². The van der Waals surface area contributed by atoms with Crippen molar-refractivity contribution >= 4 is 44.8 Å². The summed E-state index contributed by atoms with van der Waals surface area (Å²) in [6.07, 6.45) is 0.357. The highest BCUT2D eigenvalue weighted by Crippen LogP contribution is 2.43. The third-order valence-electron chi connectivity index (χ3n) is 9.35. The summed E-state index contributed by atoms with van der Waals surface area (Å²) >= 11 is 0. The molecule has 18 nitrogen and oxygen atoms in total. The van der Waals surface area contributed by atoms with Crippen LogP contribution in [0.5, 0.6) is 5.75 Å². The SMILES string of the molecule is CCc1c2c(nc3cc(OCC(=O)NCCCCOCC(COP(=O)([O-])O)O[P+](=O)[O-])ccc13)-c1cc3c(c(=O)n1C2)COC(=O)[C@@]3(CC)OC(=O)C(C)(C)C. The van der Waals surface area contributed by atoms with Gasteiger partial charge >= 0.3 is 20.2 Å².